The van der Waals surface area contributed by atoms with Crippen LogP contribution in [0, 0.1) is 0 Å². The lowest BCUT2D eigenvalue weighted by Gasteiger charge is -2.29. The number of carbonyl (C=O) groups excluding carboxylic acids is 2. The molecule has 0 saturated carbocycles. The normalized spacial score (nSPS) is 18.4. The Labute approximate surface area is 231 Å². The number of ether oxygens (including phenoxy) is 3. The SMILES string of the molecule is CCOC(=O)C1(OCCCCCCCCCCCCCCCCOC(C)=O)C=CC(c2ccccc2)C=C1. The van der Waals surface area contributed by atoms with Gasteiger partial charge in [0.2, 0.25) is 5.60 Å². The first-order valence-corrected chi connectivity index (χ1v) is 15.0. The molecule has 0 aliphatic heterocycles. The van der Waals surface area contributed by atoms with Crippen LogP contribution in [0.4, 0.5) is 0 Å². The number of allylic oxidation sites excluding steroid dienone is 2. The van der Waals surface area contributed by atoms with Crippen molar-refractivity contribution in [1.82, 2.24) is 0 Å². The van der Waals surface area contributed by atoms with E-state index in [1.807, 2.05) is 49.4 Å². The van der Waals surface area contributed by atoms with Crippen LogP contribution in [-0.2, 0) is 23.8 Å². The molecule has 0 aromatic heterocycles. The average molecular weight is 527 g/mol. The van der Waals surface area contributed by atoms with Crippen molar-refractivity contribution in [3.05, 3.63) is 60.2 Å². The maximum Gasteiger partial charge on any atom is 0.346 e. The van der Waals surface area contributed by atoms with Crippen LogP contribution in [0.15, 0.2) is 54.6 Å². The molecule has 0 atom stereocenters. The predicted molar refractivity (Wildman–Crippen MR) is 154 cm³/mol. The fourth-order valence-corrected chi connectivity index (χ4v) is 4.83. The van der Waals surface area contributed by atoms with Gasteiger partial charge in [0.1, 0.15) is 0 Å². The number of hydrogen-bond donors (Lipinski definition) is 0. The second-order valence-electron chi connectivity index (χ2n) is 10.3. The summed E-state index contributed by atoms with van der Waals surface area (Å²) in [6, 6.07) is 10.3. The molecule has 38 heavy (non-hydrogen) atoms. The van der Waals surface area contributed by atoms with Crippen molar-refractivity contribution in [2.75, 3.05) is 19.8 Å². The molecule has 1 aliphatic carbocycles. The Balaban J connectivity index is 1.49. The summed E-state index contributed by atoms with van der Waals surface area (Å²) in [5.41, 5.74) is 0.0904. The predicted octanol–water partition coefficient (Wildman–Crippen LogP) is 8.24. The van der Waals surface area contributed by atoms with Crippen molar-refractivity contribution < 1.29 is 23.8 Å². The topological polar surface area (TPSA) is 61.8 Å². The van der Waals surface area contributed by atoms with E-state index in [0.717, 1.165) is 25.7 Å². The van der Waals surface area contributed by atoms with Crippen LogP contribution in [0.25, 0.3) is 0 Å². The Bertz CT molecular complexity index is 815. The molecule has 2 rings (SSSR count). The summed E-state index contributed by atoms with van der Waals surface area (Å²) >= 11 is 0. The third kappa shape index (κ3) is 12.9. The number of hydrogen-bond acceptors (Lipinski definition) is 5. The first-order chi connectivity index (χ1) is 18.6. The van der Waals surface area contributed by atoms with Crippen LogP contribution in [-0.4, -0.2) is 37.4 Å². The summed E-state index contributed by atoms with van der Waals surface area (Å²) < 4.78 is 16.4. The molecule has 0 N–H and O–H groups in total. The zero-order valence-electron chi connectivity index (χ0n) is 23.8. The molecule has 0 heterocycles. The standard InChI is InChI=1S/C33H50O5/c1-3-36-32(35)33(25-23-31(24-26-33)30-21-17-16-18-22-30)38-28-20-15-13-11-9-7-5-4-6-8-10-12-14-19-27-37-29(2)34/h16-18,21-26,31H,3-15,19-20,27-28H2,1-2H3. The molecule has 5 nitrogen and oxygen atoms in total. The van der Waals surface area contributed by atoms with Crippen LogP contribution in [0.3, 0.4) is 0 Å². The maximum absolute atomic E-state index is 12.7. The number of esters is 2. The highest BCUT2D eigenvalue weighted by molar-refractivity contribution is 5.85. The Morgan fingerprint density at radius 1 is 0.684 bits per heavy atom. The summed E-state index contributed by atoms with van der Waals surface area (Å²) in [6.07, 6.45) is 25.0. The van der Waals surface area contributed by atoms with Gasteiger partial charge in [-0.15, -0.1) is 0 Å². The quantitative estimate of drug-likeness (QED) is 0.0917. The van der Waals surface area contributed by atoms with Gasteiger partial charge in [-0.3, -0.25) is 4.79 Å². The lowest BCUT2D eigenvalue weighted by Crippen LogP contribution is -2.41. The molecule has 0 fully saturated rings. The summed E-state index contributed by atoms with van der Waals surface area (Å²) in [5, 5.41) is 0. The van der Waals surface area contributed by atoms with Crippen molar-refractivity contribution in [1.29, 1.82) is 0 Å². The molecule has 1 aromatic carbocycles. The molecule has 1 aromatic rings. The monoisotopic (exact) mass is 526 g/mol. The smallest absolute Gasteiger partial charge is 0.346 e. The number of benzene rings is 1. The van der Waals surface area contributed by atoms with Gasteiger partial charge in [0, 0.05) is 19.4 Å². The molecular formula is C33H50O5. The van der Waals surface area contributed by atoms with Crippen LogP contribution < -0.4 is 0 Å². The van der Waals surface area contributed by atoms with E-state index < -0.39 is 5.60 Å². The van der Waals surface area contributed by atoms with Crippen LogP contribution in [0.5, 0.6) is 0 Å². The van der Waals surface area contributed by atoms with Gasteiger partial charge >= 0.3 is 11.9 Å². The van der Waals surface area contributed by atoms with Crippen molar-refractivity contribution >= 4 is 11.9 Å². The molecule has 0 spiro atoms. The third-order valence-corrected chi connectivity index (χ3v) is 7.07. The molecule has 0 bridgehead atoms. The highest BCUT2D eigenvalue weighted by atomic mass is 16.6. The van der Waals surface area contributed by atoms with Gasteiger partial charge in [-0.2, -0.15) is 0 Å². The van der Waals surface area contributed by atoms with Crippen molar-refractivity contribution in [3.63, 3.8) is 0 Å². The Morgan fingerprint density at radius 3 is 1.63 bits per heavy atom. The van der Waals surface area contributed by atoms with Gasteiger partial charge in [-0.05, 0) is 37.5 Å². The van der Waals surface area contributed by atoms with E-state index in [1.54, 1.807) is 0 Å². The molecule has 0 amide bonds. The second-order valence-corrected chi connectivity index (χ2v) is 10.3. The highest BCUT2D eigenvalue weighted by Crippen LogP contribution is 2.30. The minimum Gasteiger partial charge on any atom is -0.466 e. The van der Waals surface area contributed by atoms with Crippen LogP contribution >= 0.6 is 0 Å². The molecule has 1 aliphatic rings. The Morgan fingerprint density at radius 2 is 1.16 bits per heavy atom. The first-order valence-electron chi connectivity index (χ1n) is 15.0. The molecule has 0 unspecified atom stereocenters. The lowest BCUT2D eigenvalue weighted by atomic mass is 9.88. The fraction of sp³-hybridized carbons (Fsp3) is 0.636. The third-order valence-electron chi connectivity index (χ3n) is 7.07. The van der Waals surface area contributed by atoms with Gasteiger partial charge in [0.05, 0.1) is 13.2 Å². The van der Waals surface area contributed by atoms with Crippen molar-refractivity contribution in [2.45, 2.75) is 115 Å². The molecule has 0 saturated heterocycles. The summed E-state index contributed by atoms with van der Waals surface area (Å²) in [7, 11) is 0. The Kier molecular flexibility index (Phi) is 16.4. The minimum atomic E-state index is -1.11. The van der Waals surface area contributed by atoms with Gasteiger partial charge < -0.3 is 14.2 Å². The lowest BCUT2D eigenvalue weighted by molar-refractivity contribution is -0.160. The number of unbranched alkanes of at least 4 members (excludes halogenated alkanes) is 13. The molecular weight excluding hydrogens is 476 g/mol. The molecule has 5 heteroatoms. The summed E-state index contributed by atoms with van der Waals surface area (Å²) in [4.78, 5) is 23.4. The van der Waals surface area contributed by atoms with E-state index in [9.17, 15) is 9.59 Å². The van der Waals surface area contributed by atoms with Crippen LogP contribution in [0.2, 0.25) is 0 Å². The zero-order chi connectivity index (χ0) is 27.3. The number of rotatable bonds is 21. The van der Waals surface area contributed by atoms with E-state index in [0.29, 0.717) is 19.8 Å². The molecule has 0 radical (unpaired) electrons. The Hall–Kier alpha value is -2.40. The van der Waals surface area contributed by atoms with Gasteiger partial charge in [-0.25, -0.2) is 4.79 Å². The summed E-state index contributed by atoms with van der Waals surface area (Å²) in [6.45, 7) is 4.75. The second kappa shape index (κ2) is 19.6. The first kappa shape index (κ1) is 31.8. The van der Waals surface area contributed by atoms with Crippen LogP contribution in [0.1, 0.15) is 115 Å². The van der Waals surface area contributed by atoms with E-state index in [2.05, 4.69) is 12.1 Å². The van der Waals surface area contributed by atoms with E-state index >= 15 is 0 Å². The largest absolute Gasteiger partial charge is 0.466 e. The van der Waals surface area contributed by atoms with E-state index in [-0.39, 0.29) is 17.9 Å². The highest BCUT2D eigenvalue weighted by Gasteiger charge is 2.38. The van der Waals surface area contributed by atoms with E-state index in [1.165, 1.54) is 76.7 Å². The van der Waals surface area contributed by atoms with Crippen molar-refractivity contribution in [3.8, 4) is 0 Å². The zero-order valence-corrected chi connectivity index (χ0v) is 23.8. The van der Waals surface area contributed by atoms with Gasteiger partial charge in [0.25, 0.3) is 0 Å². The van der Waals surface area contributed by atoms with Gasteiger partial charge in [-0.1, -0.05) is 120 Å². The minimum absolute atomic E-state index is 0.146. The van der Waals surface area contributed by atoms with Crippen molar-refractivity contribution in [2.24, 2.45) is 0 Å². The van der Waals surface area contributed by atoms with Gasteiger partial charge in [0.15, 0.2) is 0 Å². The maximum atomic E-state index is 12.7. The van der Waals surface area contributed by atoms with E-state index in [4.69, 9.17) is 14.2 Å². The fourth-order valence-electron chi connectivity index (χ4n) is 4.83. The summed E-state index contributed by atoms with van der Waals surface area (Å²) in [5.74, 6) is -0.365. The molecule has 212 valence electrons. The number of carbonyl (C=O) groups is 2. The average Bonchev–Trinajstić information content (AvgIpc) is 2.93.